The van der Waals surface area contributed by atoms with Crippen LogP contribution in [0, 0.1) is 69.0 Å². The molecule has 1 saturated heterocycles. The summed E-state index contributed by atoms with van der Waals surface area (Å²) in [4.78, 5) is 72.4. The lowest BCUT2D eigenvalue weighted by Crippen LogP contribution is -2.67. The molecule has 14 heteroatoms. The lowest BCUT2D eigenvalue weighted by atomic mass is 9.49. The summed E-state index contributed by atoms with van der Waals surface area (Å²) < 4.78 is 33.7. The molecule has 12 aliphatic rings. The second-order valence-electron chi connectivity index (χ2n) is 29.0. The van der Waals surface area contributed by atoms with Gasteiger partial charge in [0, 0.05) is 31.1 Å². The number of rotatable bonds is 16. The Morgan fingerprint density at radius 3 is 1.52 bits per heavy atom. The van der Waals surface area contributed by atoms with Crippen molar-refractivity contribution in [1.29, 1.82) is 0 Å². The van der Waals surface area contributed by atoms with E-state index in [9.17, 15) is 39.0 Å². The van der Waals surface area contributed by atoms with E-state index in [0.29, 0.717) is 37.5 Å². The fourth-order valence-corrected chi connectivity index (χ4v) is 15.8. The van der Waals surface area contributed by atoms with Crippen LogP contribution in [0.1, 0.15) is 245 Å². The predicted octanol–water partition coefficient (Wildman–Crippen LogP) is 11.9. The number of aliphatic hydroxyl groups is 2. The van der Waals surface area contributed by atoms with Gasteiger partial charge in [-0.15, -0.1) is 0 Å². The summed E-state index contributed by atoms with van der Waals surface area (Å²) in [6.07, 6.45) is 20.8. The third-order valence-electron chi connectivity index (χ3n) is 21.8. The van der Waals surface area contributed by atoms with E-state index in [-0.39, 0.29) is 88.4 Å². The molecule has 438 valence electrons. The lowest BCUT2D eigenvalue weighted by molar-refractivity contribution is -0.264. The number of carbonyl (C=O) groups excluding carboxylic acids is 6. The van der Waals surface area contributed by atoms with Crippen LogP contribution in [0.5, 0.6) is 0 Å². The van der Waals surface area contributed by atoms with E-state index >= 15 is 0 Å². The molecule has 12 fully saturated rings. The first-order chi connectivity index (χ1) is 35.8. The minimum absolute atomic E-state index is 0.00636. The van der Waals surface area contributed by atoms with Gasteiger partial charge in [-0.3, -0.25) is 24.0 Å². The molecule has 0 aromatic carbocycles. The third kappa shape index (κ3) is 12.8. The first-order valence-corrected chi connectivity index (χ1v) is 30.5. The van der Waals surface area contributed by atoms with Crippen molar-refractivity contribution < 1.29 is 67.4 Å². The molecule has 1 aliphatic heterocycles. The van der Waals surface area contributed by atoms with Crippen molar-refractivity contribution in [2.75, 3.05) is 6.61 Å². The summed E-state index contributed by atoms with van der Waals surface area (Å²) >= 11 is 0. The van der Waals surface area contributed by atoms with Gasteiger partial charge < -0.3 is 38.6 Å². The molecule has 77 heavy (non-hydrogen) atoms. The average molecular weight is 1080 g/mol. The van der Waals surface area contributed by atoms with Gasteiger partial charge in [0.25, 0.3) is 0 Å². The van der Waals surface area contributed by atoms with Crippen LogP contribution in [-0.2, 0) is 57.2 Å². The highest BCUT2D eigenvalue weighted by molar-refractivity contribution is 5.81. The predicted molar refractivity (Wildman–Crippen MR) is 290 cm³/mol. The normalized spacial score (nSPS) is 37.3. The second kappa shape index (κ2) is 22.6. The van der Waals surface area contributed by atoms with Crippen molar-refractivity contribution in [2.45, 2.75) is 285 Å². The highest BCUT2D eigenvalue weighted by atomic mass is 16.6. The number of carbonyl (C=O) groups is 6. The molecule has 10 bridgehead atoms. The molecule has 7 unspecified atom stereocenters. The van der Waals surface area contributed by atoms with Gasteiger partial charge in [-0.2, -0.15) is 0 Å². The molecular weight excluding hydrogens is 981 g/mol. The van der Waals surface area contributed by atoms with Crippen LogP contribution >= 0.6 is 0 Å². The Morgan fingerprint density at radius 2 is 1.05 bits per heavy atom. The van der Waals surface area contributed by atoms with Gasteiger partial charge in [0.05, 0.1) is 38.8 Å². The minimum Gasteiger partial charge on any atom is -0.459 e. The second-order valence-corrected chi connectivity index (χ2v) is 29.0. The van der Waals surface area contributed by atoms with E-state index in [1.165, 1.54) is 44.9 Å². The molecular formula is C63H102O14. The van der Waals surface area contributed by atoms with Crippen LogP contribution in [0.2, 0.25) is 0 Å². The zero-order valence-corrected chi connectivity index (χ0v) is 50.0. The van der Waals surface area contributed by atoms with Crippen molar-refractivity contribution in [3.8, 4) is 0 Å². The maximum absolute atomic E-state index is 12.6. The van der Waals surface area contributed by atoms with Crippen LogP contribution in [0.4, 0.5) is 0 Å². The molecule has 14 nitrogen and oxygen atoms in total. The van der Waals surface area contributed by atoms with Crippen LogP contribution in [0.3, 0.4) is 0 Å². The topological polar surface area (TPSA) is 198 Å². The molecule has 0 spiro atoms. The van der Waals surface area contributed by atoms with Gasteiger partial charge >= 0.3 is 35.8 Å². The van der Waals surface area contributed by atoms with Crippen molar-refractivity contribution >= 4 is 35.8 Å². The van der Waals surface area contributed by atoms with Gasteiger partial charge in [-0.1, -0.05) is 41.5 Å². The van der Waals surface area contributed by atoms with Crippen LogP contribution in [0.15, 0.2) is 0 Å². The Bertz CT molecular complexity index is 2120. The largest absolute Gasteiger partial charge is 0.459 e. The van der Waals surface area contributed by atoms with Crippen molar-refractivity contribution in [3.05, 3.63) is 0 Å². The quantitative estimate of drug-likeness (QED) is 0.109. The molecule has 12 rings (SSSR count). The van der Waals surface area contributed by atoms with E-state index < -0.39 is 39.6 Å². The average Bonchev–Trinajstić information content (AvgIpc) is 4.16. The zero-order valence-electron chi connectivity index (χ0n) is 50.0. The Morgan fingerprint density at radius 1 is 0.571 bits per heavy atom. The fraction of sp³-hybridized carbons (Fsp3) is 0.905. The van der Waals surface area contributed by atoms with Gasteiger partial charge in [0.2, 0.25) is 0 Å². The highest BCUT2D eigenvalue weighted by Crippen LogP contribution is 2.62. The van der Waals surface area contributed by atoms with Gasteiger partial charge in [-0.05, 0) is 213 Å². The van der Waals surface area contributed by atoms with E-state index in [2.05, 4.69) is 20.8 Å². The molecule has 11 saturated carbocycles. The Kier molecular flexibility index (Phi) is 18.0. The van der Waals surface area contributed by atoms with E-state index in [1.807, 2.05) is 62.3 Å². The molecule has 0 amide bonds. The first-order valence-electron chi connectivity index (χ1n) is 30.5. The SMILES string of the molecule is CCC(C)(C)C(=O)OC1(CC)C2CC3CC(C2)CC1C3.CCC(C)(C)C(=O)OC12CC3CC(O)(CC(O)(C3)C1)C2.CCC(C)(C)C(=O)OCC(=O)OC1C2CC3C(=O)OC1C3C2.CCC1(OC(=O)C(C)(C)CC)CCCC1. The van der Waals surface area contributed by atoms with Crippen LogP contribution in [0.25, 0.3) is 0 Å². The maximum atomic E-state index is 12.6. The van der Waals surface area contributed by atoms with Crippen molar-refractivity contribution in [2.24, 2.45) is 69.0 Å². The summed E-state index contributed by atoms with van der Waals surface area (Å²) in [7, 11) is 0. The lowest BCUT2D eigenvalue weighted by Gasteiger charge is -2.62. The van der Waals surface area contributed by atoms with Gasteiger partial charge in [-0.25, -0.2) is 4.79 Å². The Hall–Kier alpha value is -3.26. The molecule has 7 atom stereocenters. The number of hydrogen-bond acceptors (Lipinski definition) is 14. The van der Waals surface area contributed by atoms with Gasteiger partial charge in [0.15, 0.2) is 6.61 Å². The molecule has 1 heterocycles. The molecule has 0 radical (unpaired) electrons. The van der Waals surface area contributed by atoms with E-state index in [1.54, 1.807) is 13.8 Å². The molecule has 11 aliphatic carbocycles. The monoisotopic (exact) mass is 1080 g/mol. The van der Waals surface area contributed by atoms with E-state index in [4.69, 9.17) is 28.4 Å². The molecule has 0 aromatic rings. The highest BCUT2D eigenvalue weighted by Gasteiger charge is 2.66. The summed E-state index contributed by atoms with van der Waals surface area (Å²) in [6, 6.07) is 0. The maximum Gasteiger partial charge on any atom is 0.344 e. The molecule has 2 N–H and O–H groups in total. The Labute approximate surface area is 462 Å². The van der Waals surface area contributed by atoms with Crippen molar-refractivity contribution in [3.63, 3.8) is 0 Å². The summed E-state index contributed by atoms with van der Waals surface area (Å²) in [5.74, 6) is 2.46. The summed E-state index contributed by atoms with van der Waals surface area (Å²) in [6.45, 7) is 27.2. The van der Waals surface area contributed by atoms with Crippen LogP contribution < -0.4 is 0 Å². The minimum atomic E-state index is -0.842. The van der Waals surface area contributed by atoms with Crippen molar-refractivity contribution in [1.82, 2.24) is 0 Å². The van der Waals surface area contributed by atoms with Crippen LogP contribution in [-0.4, -0.2) is 92.8 Å². The first kappa shape index (κ1) is 61.4. The third-order valence-corrected chi connectivity index (χ3v) is 21.8. The Balaban J connectivity index is 0.000000150. The number of fused-ring (bicyclic) bond motifs is 1. The smallest absolute Gasteiger partial charge is 0.344 e. The fourth-order valence-electron chi connectivity index (χ4n) is 15.8. The van der Waals surface area contributed by atoms with Gasteiger partial charge in [0.1, 0.15) is 29.0 Å². The molecule has 0 aromatic heterocycles. The zero-order chi connectivity index (χ0) is 57.0. The number of hydrogen-bond donors (Lipinski definition) is 2. The van der Waals surface area contributed by atoms with E-state index in [0.717, 1.165) is 88.9 Å². The summed E-state index contributed by atoms with van der Waals surface area (Å²) in [5.41, 5.74) is -4.38. The number of esters is 6. The number of ether oxygens (including phenoxy) is 6. The standard InChI is InChI=1S/C18H30O2.C16H22O6.C16H26O4.C13H24O2/c1-5-17(3,4)16(19)20-18(6-2)14-8-12-7-13(10-14)11-15(18)9-12;1-4-16(2,3)15(19)20-7-11(17)21-12-8-5-9-10(6-8)14(18)22-13(9)12;1-4-13(2,3)12(17)20-16-7-11-5-14(18,9-16)8-15(19,6-11)10-16;1-5-12(3,4)11(14)15-13(6-2)9-7-8-10-13/h12-15H,5-11H2,1-4H3;8-10,12-13H,4-7H2,1-3H3;11,18-19H,4-10H2,1-3H3;5-10H2,1-4H3. The summed E-state index contributed by atoms with van der Waals surface area (Å²) in [5, 5.41) is 21.3.